The summed E-state index contributed by atoms with van der Waals surface area (Å²) in [6.07, 6.45) is 2.01. The lowest BCUT2D eigenvalue weighted by Gasteiger charge is -2.19. The molecule has 0 saturated heterocycles. The summed E-state index contributed by atoms with van der Waals surface area (Å²) in [4.78, 5) is 17.0. The Morgan fingerprint density at radius 1 is 1.08 bits per heavy atom. The Hall–Kier alpha value is -2.85. The van der Waals surface area contributed by atoms with Crippen molar-refractivity contribution in [3.63, 3.8) is 0 Å². The summed E-state index contributed by atoms with van der Waals surface area (Å²) >= 11 is 5.91. The van der Waals surface area contributed by atoms with Crippen LogP contribution in [0, 0.1) is 0 Å². The summed E-state index contributed by atoms with van der Waals surface area (Å²) < 4.78 is 5.22. The van der Waals surface area contributed by atoms with Gasteiger partial charge in [0.05, 0.1) is 13.2 Å². The highest BCUT2D eigenvalue weighted by Gasteiger charge is 2.18. The van der Waals surface area contributed by atoms with Gasteiger partial charge in [0.15, 0.2) is 5.78 Å². The molecule has 1 heterocycles. The third-order valence-corrected chi connectivity index (χ3v) is 4.31. The van der Waals surface area contributed by atoms with Crippen molar-refractivity contribution in [1.29, 1.82) is 0 Å². The highest BCUT2D eigenvalue weighted by molar-refractivity contribution is 6.30. The third-order valence-electron chi connectivity index (χ3n) is 4.06. The second kappa shape index (κ2) is 8.50. The van der Waals surface area contributed by atoms with E-state index >= 15 is 0 Å². The Morgan fingerprint density at radius 3 is 2.42 bits per heavy atom. The van der Waals surface area contributed by atoms with Gasteiger partial charge in [0.2, 0.25) is 0 Å². The first-order valence-corrected chi connectivity index (χ1v) is 8.64. The molecule has 0 radical (unpaired) electrons. The van der Waals surface area contributed by atoms with E-state index in [0.29, 0.717) is 17.0 Å². The Balaban J connectivity index is 1.83. The van der Waals surface area contributed by atoms with E-state index in [2.05, 4.69) is 10.3 Å². The van der Waals surface area contributed by atoms with Gasteiger partial charge in [-0.3, -0.25) is 4.79 Å². The highest BCUT2D eigenvalue weighted by Crippen LogP contribution is 2.26. The van der Waals surface area contributed by atoms with Crippen molar-refractivity contribution in [2.75, 3.05) is 12.4 Å². The molecule has 5 heteroatoms. The first-order chi connectivity index (χ1) is 12.7. The Morgan fingerprint density at radius 2 is 1.81 bits per heavy atom. The monoisotopic (exact) mass is 366 g/mol. The number of anilines is 1. The van der Waals surface area contributed by atoms with Gasteiger partial charge in [-0.25, -0.2) is 4.98 Å². The number of hydrogen-bond acceptors (Lipinski definition) is 4. The summed E-state index contributed by atoms with van der Waals surface area (Å²) in [6, 6.07) is 20.0. The van der Waals surface area contributed by atoms with E-state index in [0.717, 1.165) is 17.1 Å². The zero-order valence-electron chi connectivity index (χ0n) is 14.4. The molecular formula is C21H19ClN2O2. The van der Waals surface area contributed by atoms with Gasteiger partial charge in [-0.05, 0) is 54.1 Å². The number of pyridine rings is 1. The van der Waals surface area contributed by atoms with Crippen molar-refractivity contribution < 1.29 is 9.53 Å². The minimum atomic E-state index is -0.209. The molecule has 0 fully saturated rings. The van der Waals surface area contributed by atoms with Crippen molar-refractivity contribution in [3.8, 4) is 5.75 Å². The van der Waals surface area contributed by atoms with E-state index in [9.17, 15) is 4.79 Å². The number of nitrogens with one attached hydrogen (secondary N) is 1. The SMILES string of the molecule is COc1ccc(C(CC(=O)c2ccc(Cl)cc2)Nc2ccccn2)cc1. The molecule has 1 unspecified atom stereocenters. The van der Waals surface area contributed by atoms with Gasteiger partial charge in [-0.15, -0.1) is 0 Å². The Bertz CT molecular complexity index is 849. The zero-order chi connectivity index (χ0) is 18.4. The van der Waals surface area contributed by atoms with Crippen LogP contribution < -0.4 is 10.1 Å². The topological polar surface area (TPSA) is 51.2 Å². The van der Waals surface area contributed by atoms with E-state index in [1.54, 1.807) is 37.6 Å². The maximum Gasteiger partial charge on any atom is 0.165 e. The molecule has 0 aliphatic rings. The summed E-state index contributed by atoms with van der Waals surface area (Å²) in [5.41, 5.74) is 1.62. The van der Waals surface area contributed by atoms with Crippen LogP contribution in [-0.4, -0.2) is 17.9 Å². The third kappa shape index (κ3) is 4.61. The van der Waals surface area contributed by atoms with Crippen LogP contribution in [-0.2, 0) is 0 Å². The van der Waals surface area contributed by atoms with Gasteiger partial charge in [0.25, 0.3) is 0 Å². The molecule has 1 N–H and O–H groups in total. The van der Waals surface area contributed by atoms with Crippen LogP contribution in [0.25, 0.3) is 0 Å². The fraction of sp³-hybridized carbons (Fsp3) is 0.143. The number of benzene rings is 2. The minimum absolute atomic E-state index is 0.0333. The number of nitrogens with zero attached hydrogens (tertiary/aromatic N) is 1. The second-order valence-corrected chi connectivity index (χ2v) is 6.26. The minimum Gasteiger partial charge on any atom is -0.497 e. The normalized spacial score (nSPS) is 11.6. The van der Waals surface area contributed by atoms with Gasteiger partial charge in [0.1, 0.15) is 11.6 Å². The number of hydrogen-bond donors (Lipinski definition) is 1. The van der Waals surface area contributed by atoms with Crippen LogP contribution in [0.5, 0.6) is 5.75 Å². The van der Waals surface area contributed by atoms with E-state index in [1.165, 1.54) is 0 Å². The maximum atomic E-state index is 12.7. The molecule has 4 nitrogen and oxygen atoms in total. The number of ketones is 1. The molecule has 132 valence electrons. The molecule has 0 saturated carbocycles. The molecule has 0 amide bonds. The molecule has 0 bridgehead atoms. The molecule has 1 aromatic heterocycles. The van der Waals surface area contributed by atoms with Crippen LogP contribution in [0.15, 0.2) is 72.9 Å². The fourth-order valence-electron chi connectivity index (χ4n) is 2.65. The molecule has 3 aromatic rings. The number of halogens is 1. The van der Waals surface area contributed by atoms with Crippen molar-refractivity contribution in [3.05, 3.63) is 89.1 Å². The first kappa shape index (κ1) is 18.0. The van der Waals surface area contributed by atoms with Crippen LogP contribution in [0.1, 0.15) is 28.4 Å². The van der Waals surface area contributed by atoms with Gasteiger partial charge in [-0.2, -0.15) is 0 Å². The lowest BCUT2D eigenvalue weighted by atomic mass is 9.97. The van der Waals surface area contributed by atoms with Gasteiger partial charge < -0.3 is 10.1 Å². The summed E-state index contributed by atoms with van der Waals surface area (Å²) in [7, 11) is 1.63. The quantitative estimate of drug-likeness (QED) is 0.586. The number of Topliss-reactive ketones (excluding diaryl/α,β-unsaturated/α-hetero) is 1. The number of methoxy groups -OCH3 is 1. The first-order valence-electron chi connectivity index (χ1n) is 8.26. The van der Waals surface area contributed by atoms with Crippen molar-refractivity contribution in [2.24, 2.45) is 0 Å². The zero-order valence-corrected chi connectivity index (χ0v) is 15.1. The molecule has 0 aliphatic heterocycles. The van der Waals surface area contributed by atoms with Crippen LogP contribution >= 0.6 is 11.6 Å². The second-order valence-electron chi connectivity index (χ2n) is 5.82. The Kier molecular flexibility index (Phi) is 5.87. The predicted octanol–water partition coefficient (Wildman–Crippen LogP) is 5.17. The molecular weight excluding hydrogens is 348 g/mol. The van der Waals surface area contributed by atoms with Gasteiger partial charge >= 0.3 is 0 Å². The summed E-state index contributed by atoms with van der Waals surface area (Å²) in [5, 5.41) is 3.96. The fourth-order valence-corrected chi connectivity index (χ4v) is 2.78. The number of ether oxygens (including phenoxy) is 1. The van der Waals surface area contributed by atoms with Gasteiger partial charge in [0, 0.05) is 23.2 Å². The van der Waals surface area contributed by atoms with Gasteiger partial charge in [-0.1, -0.05) is 29.8 Å². The van der Waals surface area contributed by atoms with E-state index in [4.69, 9.17) is 16.3 Å². The average molecular weight is 367 g/mol. The lowest BCUT2D eigenvalue weighted by molar-refractivity contribution is 0.0976. The maximum absolute atomic E-state index is 12.7. The predicted molar refractivity (Wildman–Crippen MR) is 104 cm³/mol. The van der Waals surface area contributed by atoms with Crippen LogP contribution in [0.4, 0.5) is 5.82 Å². The standard InChI is InChI=1S/C21H19ClN2O2/c1-26-18-11-7-15(8-12-18)19(24-21-4-2-3-13-23-21)14-20(25)16-5-9-17(22)10-6-16/h2-13,19H,14H2,1H3,(H,23,24). The summed E-state index contributed by atoms with van der Waals surface area (Å²) in [6.45, 7) is 0. The molecule has 2 aromatic carbocycles. The Labute approximate surface area is 157 Å². The smallest absolute Gasteiger partial charge is 0.165 e. The lowest BCUT2D eigenvalue weighted by Crippen LogP contribution is -2.16. The highest BCUT2D eigenvalue weighted by atomic mass is 35.5. The number of aromatic nitrogens is 1. The van der Waals surface area contributed by atoms with Crippen LogP contribution in [0.2, 0.25) is 5.02 Å². The van der Waals surface area contributed by atoms with Crippen molar-refractivity contribution in [2.45, 2.75) is 12.5 Å². The number of rotatable bonds is 7. The van der Waals surface area contributed by atoms with Crippen LogP contribution in [0.3, 0.4) is 0 Å². The largest absolute Gasteiger partial charge is 0.497 e. The average Bonchev–Trinajstić information content (AvgIpc) is 2.69. The molecule has 3 rings (SSSR count). The van der Waals surface area contributed by atoms with E-state index in [1.807, 2.05) is 42.5 Å². The van der Waals surface area contributed by atoms with E-state index < -0.39 is 0 Å². The number of carbonyl (C=O) groups excluding carboxylic acids is 1. The molecule has 26 heavy (non-hydrogen) atoms. The van der Waals surface area contributed by atoms with Crippen molar-refractivity contribution >= 4 is 23.2 Å². The van der Waals surface area contributed by atoms with Crippen molar-refractivity contribution in [1.82, 2.24) is 4.98 Å². The number of carbonyl (C=O) groups is 1. The molecule has 0 spiro atoms. The summed E-state index contributed by atoms with van der Waals surface area (Å²) in [5.74, 6) is 1.53. The van der Waals surface area contributed by atoms with E-state index in [-0.39, 0.29) is 11.8 Å². The molecule has 0 aliphatic carbocycles. The molecule has 1 atom stereocenters.